The average molecular weight is 275 g/mol. The highest BCUT2D eigenvalue weighted by atomic mass is 15.2. The average Bonchev–Trinajstić information content (AvgIpc) is 2.97. The van der Waals surface area contributed by atoms with Gasteiger partial charge in [-0.3, -0.25) is 0 Å². The zero-order chi connectivity index (χ0) is 13.8. The predicted molar refractivity (Wildman–Crippen MR) is 84.0 cm³/mol. The van der Waals surface area contributed by atoms with E-state index in [1.165, 1.54) is 64.2 Å². The number of hydrogen-bond acceptors (Lipinski definition) is 2. The van der Waals surface area contributed by atoms with Crippen LogP contribution in [0.1, 0.15) is 77.2 Å². The maximum Gasteiger partial charge on any atom is 0.203 e. The van der Waals surface area contributed by atoms with E-state index in [4.69, 9.17) is 0 Å². The van der Waals surface area contributed by atoms with Crippen molar-refractivity contribution in [2.45, 2.75) is 83.2 Å². The minimum atomic E-state index is 0.556. The third kappa shape index (κ3) is 3.18. The molecule has 1 aromatic heterocycles. The normalized spacial score (nSPS) is 23.6. The van der Waals surface area contributed by atoms with Crippen LogP contribution in [0.3, 0.4) is 0 Å². The van der Waals surface area contributed by atoms with Gasteiger partial charge in [-0.15, -0.1) is 0 Å². The van der Waals surface area contributed by atoms with Crippen LogP contribution in [0.5, 0.6) is 0 Å². The minimum Gasteiger partial charge on any atom is -0.353 e. The Morgan fingerprint density at radius 3 is 2.40 bits per heavy atom. The van der Waals surface area contributed by atoms with E-state index in [0.29, 0.717) is 12.1 Å². The smallest absolute Gasteiger partial charge is 0.203 e. The summed E-state index contributed by atoms with van der Waals surface area (Å²) in [7, 11) is 0. The molecule has 3 nitrogen and oxygen atoms in total. The molecule has 0 amide bonds. The maximum absolute atomic E-state index is 4.58. The van der Waals surface area contributed by atoms with E-state index >= 15 is 0 Å². The molecule has 0 aliphatic heterocycles. The summed E-state index contributed by atoms with van der Waals surface area (Å²) in [4.78, 5) is 4.58. The molecule has 0 saturated heterocycles. The van der Waals surface area contributed by atoms with Crippen LogP contribution in [0.25, 0.3) is 0 Å². The largest absolute Gasteiger partial charge is 0.353 e. The lowest BCUT2D eigenvalue weighted by Gasteiger charge is -2.30. The van der Waals surface area contributed by atoms with Crippen molar-refractivity contribution in [1.29, 1.82) is 0 Å². The van der Waals surface area contributed by atoms with Gasteiger partial charge in [0.2, 0.25) is 5.95 Å². The van der Waals surface area contributed by atoms with E-state index < -0.39 is 0 Å². The van der Waals surface area contributed by atoms with Gasteiger partial charge in [-0.2, -0.15) is 0 Å². The van der Waals surface area contributed by atoms with Gasteiger partial charge >= 0.3 is 0 Å². The zero-order valence-electron chi connectivity index (χ0n) is 12.9. The van der Waals surface area contributed by atoms with E-state index in [9.17, 15) is 0 Å². The summed E-state index contributed by atoms with van der Waals surface area (Å²) in [6.45, 7) is 2.34. The molecule has 1 N–H and O–H groups in total. The van der Waals surface area contributed by atoms with Gasteiger partial charge in [0.15, 0.2) is 0 Å². The van der Waals surface area contributed by atoms with Gasteiger partial charge in [0, 0.05) is 24.5 Å². The Hall–Kier alpha value is -0.990. The third-order valence-electron chi connectivity index (χ3n) is 5.35. The van der Waals surface area contributed by atoms with Crippen LogP contribution in [0.4, 0.5) is 5.95 Å². The second kappa shape index (κ2) is 6.64. The Morgan fingerprint density at radius 2 is 1.70 bits per heavy atom. The van der Waals surface area contributed by atoms with Crippen molar-refractivity contribution in [2.75, 3.05) is 5.32 Å². The van der Waals surface area contributed by atoms with Crippen LogP contribution in [0.2, 0.25) is 0 Å². The molecule has 0 bridgehead atoms. The molecular weight excluding hydrogens is 246 g/mol. The van der Waals surface area contributed by atoms with Crippen LogP contribution in [0.15, 0.2) is 12.4 Å². The number of nitrogens with zero attached hydrogens (tertiary/aromatic N) is 2. The molecule has 3 heteroatoms. The Bertz CT molecular complexity index is 400. The topological polar surface area (TPSA) is 29.9 Å². The van der Waals surface area contributed by atoms with Gasteiger partial charge in [0.1, 0.15) is 0 Å². The fraction of sp³-hybridized carbons (Fsp3) is 0.824. The highest BCUT2D eigenvalue weighted by Crippen LogP contribution is 2.32. The molecule has 0 spiro atoms. The number of imidazole rings is 1. The second-order valence-electron chi connectivity index (χ2n) is 6.78. The van der Waals surface area contributed by atoms with E-state index in [0.717, 1.165) is 11.9 Å². The molecule has 0 aromatic carbocycles. The number of nitrogens with one attached hydrogen (secondary N) is 1. The third-order valence-corrected chi connectivity index (χ3v) is 5.35. The van der Waals surface area contributed by atoms with Gasteiger partial charge in [-0.1, -0.05) is 38.5 Å². The molecule has 1 heterocycles. The SMILES string of the molecule is CC(Nc1nccn1C1CCCCC1)C1CCCCC1. The Balaban J connectivity index is 1.63. The van der Waals surface area contributed by atoms with Crippen LogP contribution >= 0.6 is 0 Å². The van der Waals surface area contributed by atoms with Crippen molar-refractivity contribution in [2.24, 2.45) is 5.92 Å². The van der Waals surface area contributed by atoms with Crippen molar-refractivity contribution < 1.29 is 0 Å². The second-order valence-corrected chi connectivity index (χ2v) is 6.78. The van der Waals surface area contributed by atoms with Gasteiger partial charge in [0.25, 0.3) is 0 Å². The van der Waals surface area contributed by atoms with Crippen LogP contribution < -0.4 is 5.32 Å². The summed E-state index contributed by atoms with van der Waals surface area (Å²) in [5.74, 6) is 1.94. The minimum absolute atomic E-state index is 0.556. The highest BCUT2D eigenvalue weighted by Gasteiger charge is 2.23. The summed E-state index contributed by atoms with van der Waals surface area (Å²) in [6.07, 6.45) is 18.0. The van der Waals surface area contributed by atoms with Gasteiger partial charge in [-0.25, -0.2) is 4.98 Å². The first-order valence-electron chi connectivity index (χ1n) is 8.64. The Kier molecular flexibility index (Phi) is 4.64. The van der Waals surface area contributed by atoms with E-state index in [1.54, 1.807) is 0 Å². The molecule has 2 saturated carbocycles. The number of hydrogen-bond donors (Lipinski definition) is 1. The quantitative estimate of drug-likeness (QED) is 0.858. The lowest BCUT2D eigenvalue weighted by Crippen LogP contribution is -2.29. The summed E-state index contributed by atoms with van der Waals surface area (Å²) in [5.41, 5.74) is 0. The van der Waals surface area contributed by atoms with E-state index in [2.05, 4.69) is 28.0 Å². The van der Waals surface area contributed by atoms with Crippen molar-refractivity contribution in [3.63, 3.8) is 0 Å². The van der Waals surface area contributed by atoms with Crippen molar-refractivity contribution in [1.82, 2.24) is 9.55 Å². The fourth-order valence-corrected chi connectivity index (χ4v) is 4.03. The van der Waals surface area contributed by atoms with E-state index in [1.807, 2.05) is 6.20 Å². The molecule has 2 aliphatic carbocycles. The molecule has 2 aliphatic rings. The lowest BCUT2D eigenvalue weighted by molar-refractivity contribution is 0.323. The van der Waals surface area contributed by atoms with Crippen LogP contribution in [0, 0.1) is 5.92 Å². The molecular formula is C17H29N3. The van der Waals surface area contributed by atoms with Crippen molar-refractivity contribution in [3.8, 4) is 0 Å². The Morgan fingerprint density at radius 1 is 1.05 bits per heavy atom. The van der Waals surface area contributed by atoms with Crippen molar-refractivity contribution in [3.05, 3.63) is 12.4 Å². The van der Waals surface area contributed by atoms with Crippen LogP contribution in [-0.2, 0) is 0 Å². The first kappa shape index (κ1) is 14.0. The number of aromatic nitrogens is 2. The fourth-order valence-electron chi connectivity index (χ4n) is 4.03. The molecule has 1 atom stereocenters. The number of anilines is 1. The summed E-state index contributed by atoms with van der Waals surface area (Å²) >= 11 is 0. The molecule has 20 heavy (non-hydrogen) atoms. The van der Waals surface area contributed by atoms with E-state index in [-0.39, 0.29) is 0 Å². The first-order valence-corrected chi connectivity index (χ1v) is 8.64. The predicted octanol–water partition coefficient (Wildman–Crippen LogP) is 4.77. The standard InChI is InChI=1S/C17H29N3/c1-14(15-8-4-2-5-9-15)19-17-18-12-13-20(17)16-10-6-3-7-11-16/h12-16H,2-11H2,1H3,(H,18,19). The molecule has 2 fully saturated rings. The van der Waals surface area contributed by atoms with Gasteiger partial charge in [0.05, 0.1) is 0 Å². The molecule has 0 radical (unpaired) electrons. The first-order chi connectivity index (χ1) is 9.84. The molecule has 112 valence electrons. The molecule has 1 aromatic rings. The summed E-state index contributed by atoms with van der Waals surface area (Å²) in [6, 6.07) is 1.23. The molecule has 3 rings (SSSR count). The Labute approximate surface area is 123 Å². The molecule has 1 unspecified atom stereocenters. The van der Waals surface area contributed by atoms with Gasteiger partial charge in [-0.05, 0) is 38.5 Å². The van der Waals surface area contributed by atoms with Crippen molar-refractivity contribution >= 4 is 5.95 Å². The lowest BCUT2D eigenvalue weighted by atomic mass is 9.84. The van der Waals surface area contributed by atoms with Gasteiger partial charge < -0.3 is 9.88 Å². The summed E-state index contributed by atoms with van der Waals surface area (Å²) in [5, 5.41) is 3.71. The number of rotatable bonds is 4. The zero-order valence-corrected chi connectivity index (χ0v) is 12.9. The monoisotopic (exact) mass is 275 g/mol. The maximum atomic E-state index is 4.58. The highest BCUT2D eigenvalue weighted by molar-refractivity contribution is 5.28. The summed E-state index contributed by atoms with van der Waals surface area (Å²) < 4.78 is 2.40. The van der Waals surface area contributed by atoms with Crippen LogP contribution in [-0.4, -0.2) is 15.6 Å².